The highest BCUT2D eigenvalue weighted by Crippen LogP contribution is 2.31. The number of methoxy groups -OCH3 is 1. The zero-order chi connectivity index (χ0) is 21.0. The fraction of sp³-hybridized carbons (Fsp3) is 0.182. The van der Waals surface area contributed by atoms with Crippen molar-refractivity contribution in [3.05, 3.63) is 81.6 Å². The standard InChI is InChI=1S/C22H20N4O3/c1-14-19(13-23)21(27)26(15(2)16-7-5-4-6-8-16)22(28)20(14)25-24-17-9-11-18(29-3)12-10-17/h4-12,15,27H,1-3H3. The Bertz CT molecular complexity index is 1140. The molecule has 0 aliphatic carbocycles. The van der Waals surface area contributed by atoms with Crippen LogP contribution in [-0.4, -0.2) is 16.8 Å². The van der Waals surface area contributed by atoms with Crippen molar-refractivity contribution in [3.8, 4) is 17.7 Å². The van der Waals surface area contributed by atoms with Crippen LogP contribution in [-0.2, 0) is 0 Å². The molecule has 0 fully saturated rings. The number of pyridine rings is 1. The summed E-state index contributed by atoms with van der Waals surface area (Å²) in [6, 6.07) is 17.6. The van der Waals surface area contributed by atoms with Crippen molar-refractivity contribution in [3.63, 3.8) is 0 Å². The minimum atomic E-state index is -0.521. The largest absolute Gasteiger partial charge is 0.497 e. The molecule has 7 nitrogen and oxygen atoms in total. The first-order valence-corrected chi connectivity index (χ1v) is 8.96. The number of aromatic nitrogens is 1. The van der Waals surface area contributed by atoms with Crippen LogP contribution in [0.5, 0.6) is 11.6 Å². The van der Waals surface area contributed by atoms with E-state index in [4.69, 9.17) is 4.74 Å². The van der Waals surface area contributed by atoms with Gasteiger partial charge in [0.15, 0.2) is 5.69 Å². The third-order valence-electron chi connectivity index (χ3n) is 4.72. The zero-order valence-corrected chi connectivity index (χ0v) is 16.3. The molecule has 0 radical (unpaired) electrons. The predicted octanol–water partition coefficient (Wildman–Crippen LogP) is 4.77. The molecule has 0 aliphatic rings. The van der Waals surface area contributed by atoms with Crippen molar-refractivity contribution < 1.29 is 9.84 Å². The normalized spacial score (nSPS) is 11.9. The monoisotopic (exact) mass is 388 g/mol. The van der Waals surface area contributed by atoms with E-state index in [1.165, 1.54) is 4.57 Å². The molecule has 0 aliphatic heterocycles. The maximum atomic E-state index is 13.1. The lowest BCUT2D eigenvalue weighted by atomic mass is 10.1. The highest BCUT2D eigenvalue weighted by Gasteiger charge is 2.23. The number of azo groups is 1. The van der Waals surface area contributed by atoms with E-state index in [0.29, 0.717) is 11.4 Å². The van der Waals surface area contributed by atoms with Crippen LogP contribution < -0.4 is 10.3 Å². The van der Waals surface area contributed by atoms with Crippen LogP contribution in [0.25, 0.3) is 0 Å². The van der Waals surface area contributed by atoms with Gasteiger partial charge in [-0.15, -0.1) is 5.11 Å². The number of benzene rings is 2. The first-order chi connectivity index (χ1) is 14.0. The summed E-state index contributed by atoms with van der Waals surface area (Å²) < 4.78 is 6.28. The second-order valence-corrected chi connectivity index (χ2v) is 6.44. The molecule has 1 unspecified atom stereocenters. The van der Waals surface area contributed by atoms with Crippen molar-refractivity contribution >= 4 is 11.4 Å². The Balaban J connectivity index is 2.13. The van der Waals surface area contributed by atoms with Crippen LogP contribution in [0, 0.1) is 18.3 Å². The van der Waals surface area contributed by atoms with Gasteiger partial charge in [-0.1, -0.05) is 30.3 Å². The van der Waals surface area contributed by atoms with Crippen LogP contribution in [0.4, 0.5) is 11.4 Å². The molecule has 1 N–H and O–H groups in total. The summed E-state index contributed by atoms with van der Waals surface area (Å²) in [5.41, 5.74) is 1.11. The van der Waals surface area contributed by atoms with Crippen molar-refractivity contribution in [1.82, 2.24) is 4.57 Å². The van der Waals surface area contributed by atoms with Crippen LogP contribution in [0.15, 0.2) is 69.6 Å². The molecule has 0 amide bonds. The topological polar surface area (TPSA) is 100.0 Å². The van der Waals surface area contributed by atoms with E-state index >= 15 is 0 Å². The SMILES string of the molecule is COc1ccc(N=Nc2c(C)c(C#N)c(O)n(C(C)c3ccccc3)c2=O)cc1. The summed E-state index contributed by atoms with van der Waals surface area (Å²) >= 11 is 0. The average Bonchev–Trinajstić information content (AvgIpc) is 2.75. The Morgan fingerprint density at radius 2 is 1.76 bits per heavy atom. The van der Waals surface area contributed by atoms with Gasteiger partial charge in [0.25, 0.3) is 5.56 Å². The minimum absolute atomic E-state index is 0.00365. The first-order valence-electron chi connectivity index (χ1n) is 8.96. The van der Waals surface area contributed by atoms with E-state index in [1.54, 1.807) is 45.2 Å². The number of aromatic hydroxyl groups is 1. The number of hydrogen-bond donors (Lipinski definition) is 1. The summed E-state index contributed by atoms with van der Waals surface area (Å²) in [5.74, 6) is 0.297. The fourth-order valence-corrected chi connectivity index (χ4v) is 3.03. The fourth-order valence-electron chi connectivity index (χ4n) is 3.03. The second-order valence-electron chi connectivity index (χ2n) is 6.44. The van der Waals surface area contributed by atoms with Crippen LogP contribution >= 0.6 is 0 Å². The number of nitriles is 1. The van der Waals surface area contributed by atoms with Gasteiger partial charge in [0.2, 0.25) is 5.88 Å². The number of rotatable bonds is 5. The number of hydrogen-bond acceptors (Lipinski definition) is 6. The van der Waals surface area contributed by atoms with Crippen molar-refractivity contribution in [2.24, 2.45) is 10.2 Å². The molecule has 0 saturated heterocycles. The van der Waals surface area contributed by atoms with Crippen LogP contribution in [0.2, 0.25) is 0 Å². The van der Waals surface area contributed by atoms with Gasteiger partial charge in [0.05, 0.1) is 18.8 Å². The Morgan fingerprint density at radius 3 is 2.34 bits per heavy atom. The van der Waals surface area contributed by atoms with E-state index in [2.05, 4.69) is 10.2 Å². The average molecular weight is 388 g/mol. The lowest BCUT2D eigenvalue weighted by molar-refractivity contribution is 0.393. The maximum absolute atomic E-state index is 13.1. The summed E-state index contributed by atoms with van der Waals surface area (Å²) in [6.45, 7) is 3.34. The van der Waals surface area contributed by atoms with Crippen LogP contribution in [0.3, 0.4) is 0 Å². The van der Waals surface area contributed by atoms with Gasteiger partial charge >= 0.3 is 0 Å². The summed E-state index contributed by atoms with van der Waals surface area (Å²) in [7, 11) is 1.57. The Kier molecular flexibility index (Phi) is 5.74. The van der Waals surface area contributed by atoms with E-state index in [-0.39, 0.29) is 22.7 Å². The molecule has 146 valence electrons. The molecule has 0 saturated carbocycles. The molecule has 1 aromatic heterocycles. The molecule has 29 heavy (non-hydrogen) atoms. The molecule has 0 bridgehead atoms. The van der Waals surface area contributed by atoms with Gasteiger partial charge in [0, 0.05) is 5.56 Å². The molecule has 3 aromatic rings. The lowest BCUT2D eigenvalue weighted by Gasteiger charge is -2.19. The van der Waals surface area contributed by atoms with E-state index in [1.807, 2.05) is 36.4 Å². The van der Waals surface area contributed by atoms with Crippen molar-refractivity contribution in [2.75, 3.05) is 7.11 Å². The van der Waals surface area contributed by atoms with E-state index < -0.39 is 11.6 Å². The Hall–Kier alpha value is -3.92. The van der Waals surface area contributed by atoms with Gasteiger partial charge in [-0.2, -0.15) is 10.4 Å². The van der Waals surface area contributed by atoms with Crippen molar-refractivity contribution in [1.29, 1.82) is 5.26 Å². The third kappa shape index (κ3) is 3.87. The molecule has 0 spiro atoms. The van der Waals surface area contributed by atoms with Gasteiger partial charge in [-0.25, -0.2) is 0 Å². The quantitative estimate of drug-likeness (QED) is 0.636. The maximum Gasteiger partial charge on any atom is 0.282 e. The minimum Gasteiger partial charge on any atom is -0.497 e. The molecule has 1 heterocycles. The smallest absolute Gasteiger partial charge is 0.282 e. The highest BCUT2D eigenvalue weighted by molar-refractivity contribution is 5.57. The van der Waals surface area contributed by atoms with Gasteiger partial charge in [0.1, 0.15) is 17.4 Å². The summed E-state index contributed by atoms with van der Waals surface area (Å²) in [4.78, 5) is 13.1. The number of nitrogens with zero attached hydrogens (tertiary/aromatic N) is 4. The van der Waals surface area contributed by atoms with Gasteiger partial charge in [-0.05, 0) is 43.7 Å². The molecular weight excluding hydrogens is 368 g/mol. The van der Waals surface area contributed by atoms with E-state index in [9.17, 15) is 15.2 Å². The van der Waals surface area contributed by atoms with E-state index in [0.717, 1.165) is 5.56 Å². The molecule has 3 rings (SSSR count). The van der Waals surface area contributed by atoms with Gasteiger partial charge in [-0.3, -0.25) is 9.36 Å². The summed E-state index contributed by atoms with van der Waals surface area (Å²) in [6.07, 6.45) is 0. The Morgan fingerprint density at radius 1 is 1.10 bits per heavy atom. The predicted molar refractivity (Wildman–Crippen MR) is 109 cm³/mol. The number of ether oxygens (including phenoxy) is 1. The summed E-state index contributed by atoms with van der Waals surface area (Å²) in [5, 5.41) is 28.3. The second kappa shape index (κ2) is 8.40. The molecule has 1 atom stereocenters. The van der Waals surface area contributed by atoms with Crippen LogP contribution in [0.1, 0.15) is 29.7 Å². The highest BCUT2D eigenvalue weighted by atomic mass is 16.5. The third-order valence-corrected chi connectivity index (χ3v) is 4.72. The molecule has 7 heteroatoms. The van der Waals surface area contributed by atoms with Gasteiger partial charge < -0.3 is 9.84 Å². The molecule has 2 aromatic carbocycles. The zero-order valence-electron chi connectivity index (χ0n) is 16.3. The molecular formula is C22H20N4O3. The van der Waals surface area contributed by atoms with Crippen molar-refractivity contribution in [2.45, 2.75) is 19.9 Å². The Labute approximate surface area is 168 Å². The lowest BCUT2D eigenvalue weighted by Crippen LogP contribution is -2.25. The first kappa shape index (κ1) is 19.8.